The lowest BCUT2D eigenvalue weighted by Gasteiger charge is -2.18. The Morgan fingerprint density at radius 1 is 0.619 bits per heavy atom. The molecule has 0 radical (unpaired) electrons. The second kappa shape index (κ2) is 5.37. The highest BCUT2D eigenvalue weighted by Crippen LogP contribution is 2.37. The second-order valence-corrected chi connectivity index (χ2v) is 6.11. The average Bonchev–Trinajstić information content (AvgIpc) is 3.13. The average molecular weight is 272 g/mol. The molecule has 0 heteroatoms. The van der Waals surface area contributed by atoms with Gasteiger partial charge in [0.05, 0.1) is 0 Å². The molecule has 21 heavy (non-hydrogen) atoms. The van der Waals surface area contributed by atoms with Crippen molar-refractivity contribution in [3.8, 4) is 0 Å². The summed E-state index contributed by atoms with van der Waals surface area (Å²) in [5, 5.41) is 0. The van der Waals surface area contributed by atoms with Crippen molar-refractivity contribution in [2.24, 2.45) is 11.8 Å². The minimum Gasteiger partial charge on any atom is -0.0730 e. The van der Waals surface area contributed by atoms with Crippen LogP contribution in [-0.2, 0) is 0 Å². The molecule has 0 N–H and O–H groups in total. The normalized spacial score (nSPS) is 28.0. The van der Waals surface area contributed by atoms with Crippen molar-refractivity contribution >= 4 is 0 Å². The van der Waals surface area contributed by atoms with Crippen molar-refractivity contribution in [1.29, 1.82) is 0 Å². The van der Waals surface area contributed by atoms with Gasteiger partial charge in [0.15, 0.2) is 0 Å². The highest BCUT2D eigenvalue weighted by atomic mass is 14.3. The van der Waals surface area contributed by atoms with Crippen LogP contribution in [-0.4, -0.2) is 0 Å². The zero-order valence-electron chi connectivity index (χ0n) is 12.2. The van der Waals surface area contributed by atoms with Gasteiger partial charge in [-0.1, -0.05) is 84.1 Å². The number of hydrogen-bond acceptors (Lipinski definition) is 0. The van der Waals surface area contributed by atoms with Gasteiger partial charge in [0, 0.05) is 11.8 Å². The van der Waals surface area contributed by atoms with Crippen molar-refractivity contribution in [2.45, 2.75) is 19.3 Å². The van der Waals surface area contributed by atoms with Crippen molar-refractivity contribution < 1.29 is 0 Å². The molecule has 4 aliphatic carbocycles. The zero-order chi connectivity index (χ0) is 14.1. The van der Waals surface area contributed by atoms with Gasteiger partial charge in [0.1, 0.15) is 0 Å². The van der Waals surface area contributed by atoms with Crippen molar-refractivity contribution in [3.63, 3.8) is 0 Å². The first kappa shape index (κ1) is 12.6. The molecule has 0 aromatic rings. The Kier molecular flexibility index (Phi) is 3.23. The third-order valence-electron chi connectivity index (χ3n) is 4.83. The molecular weight excluding hydrogens is 252 g/mol. The SMILES string of the molecule is C1=CC2=CC=C(CCCC3=CC=C4C=CC=CC43)C2C=C1. The predicted molar refractivity (Wildman–Crippen MR) is 89.7 cm³/mol. The standard InChI is InChI=1S/C21H20/c1-3-10-20-16(6-1)12-14-18(20)8-5-9-19-15-13-17-7-2-4-11-21(17)19/h1-4,6-7,10-15,20-21H,5,8-9H2. The number of hydrogen-bond donors (Lipinski definition) is 0. The van der Waals surface area contributed by atoms with Crippen LogP contribution in [0.5, 0.6) is 0 Å². The van der Waals surface area contributed by atoms with Crippen LogP contribution in [0, 0.1) is 11.8 Å². The molecule has 0 spiro atoms. The molecule has 0 bridgehead atoms. The van der Waals surface area contributed by atoms with Crippen LogP contribution >= 0.6 is 0 Å². The Morgan fingerprint density at radius 2 is 1.14 bits per heavy atom. The summed E-state index contributed by atoms with van der Waals surface area (Å²) in [6.45, 7) is 0. The molecule has 0 amide bonds. The van der Waals surface area contributed by atoms with E-state index in [1.807, 2.05) is 0 Å². The molecule has 0 fully saturated rings. The van der Waals surface area contributed by atoms with Gasteiger partial charge in [0.2, 0.25) is 0 Å². The van der Waals surface area contributed by atoms with Gasteiger partial charge >= 0.3 is 0 Å². The Morgan fingerprint density at radius 3 is 1.67 bits per heavy atom. The van der Waals surface area contributed by atoms with E-state index < -0.39 is 0 Å². The zero-order valence-corrected chi connectivity index (χ0v) is 12.2. The summed E-state index contributed by atoms with van der Waals surface area (Å²) in [6, 6.07) is 0. The molecule has 0 heterocycles. The van der Waals surface area contributed by atoms with E-state index in [2.05, 4.69) is 72.9 Å². The van der Waals surface area contributed by atoms with Gasteiger partial charge < -0.3 is 0 Å². The Bertz CT molecular complexity index is 624. The van der Waals surface area contributed by atoms with E-state index in [1.54, 1.807) is 11.1 Å². The summed E-state index contributed by atoms with van der Waals surface area (Å²) in [6.07, 6.45) is 30.7. The molecule has 2 unspecified atom stereocenters. The van der Waals surface area contributed by atoms with Crippen molar-refractivity contribution in [2.75, 3.05) is 0 Å². The summed E-state index contributed by atoms with van der Waals surface area (Å²) in [5.74, 6) is 1.11. The first-order chi connectivity index (χ1) is 10.4. The Labute approximate surface area is 126 Å². The summed E-state index contributed by atoms with van der Waals surface area (Å²) < 4.78 is 0. The molecule has 0 nitrogen and oxygen atoms in total. The van der Waals surface area contributed by atoms with E-state index in [-0.39, 0.29) is 0 Å². The van der Waals surface area contributed by atoms with Gasteiger partial charge in [-0.25, -0.2) is 0 Å². The van der Waals surface area contributed by atoms with E-state index in [9.17, 15) is 0 Å². The van der Waals surface area contributed by atoms with E-state index in [0.29, 0.717) is 11.8 Å². The fraction of sp³-hybridized carbons (Fsp3) is 0.238. The van der Waals surface area contributed by atoms with Crippen LogP contribution in [0.15, 0.2) is 95.2 Å². The van der Waals surface area contributed by atoms with E-state index in [1.165, 1.54) is 30.4 Å². The maximum atomic E-state index is 2.33. The summed E-state index contributed by atoms with van der Waals surface area (Å²) >= 11 is 0. The summed E-state index contributed by atoms with van der Waals surface area (Å²) in [5.41, 5.74) is 6.07. The number of fused-ring (bicyclic) bond motifs is 2. The first-order valence-corrected chi connectivity index (χ1v) is 7.93. The maximum absolute atomic E-state index is 2.33. The van der Waals surface area contributed by atoms with Crippen LogP contribution < -0.4 is 0 Å². The van der Waals surface area contributed by atoms with Gasteiger partial charge in [-0.15, -0.1) is 0 Å². The lowest BCUT2D eigenvalue weighted by molar-refractivity contribution is 0.720. The maximum Gasteiger partial charge on any atom is 0.0234 e. The van der Waals surface area contributed by atoms with Crippen molar-refractivity contribution in [3.05, 3.63) is 95.2 Å². The molecule has 104 valence electrons. The van der Waals surface area contributed by atoms with Gasteiger partial charge in [-0.2, -0.15) is 0 Å². The second-order valence-electron chi connectivity index (χ2n) is 6.11. The molecule has 4 aliphatic rings. The van der Waals surface area contributed by atoms with Gasteiger partial charge in [-0.3, -0.25) is 0 Å². The molecule has 0 aromatic carbocycles. The third kappa shape index (κ3) is 2.35. The third-order valence-corrected chi connectivity index (χ3v) is 4.83. The molecule has 0 saturated heterocycles. The van der Waals surface area contributed by atoms with Crippen molar-refractivity contribution in [1.82, 2.24) is 0 Å². The lowest BCUT2D eigenvalue weighted by Crippen LogP contribution is -2.04. The first-order valence-electron chi connectivity index (χ1n) is 7.93. The minimum absolute atomic E-state index is 0.554. The van der Waals surface area contributed by atoms with Crippen LogP contribution in [0.4, 0.5) is 0 Å². The quantitative estimate of drug-likeness (QED) is 0.645. The molecule has 4 rings (SSSR count). The Balaban J connectivity index is 1.32. The summed E-state index contributed by atoms with van der Waals surface area (Å²) in [4.78, 5) is 0. The number of rotatable bonds is 4. The predicted octanol–water partition coefficient (Wildman–Crippen LogP) is 5.37. The van der Waals surface area contributed by atoms with Crippen LogP contribution in [0.25, 0.3) is 0 Å². The lowest BCUT2D eigenvalue weighted by atomic mass is 9.86. The van der Waals surface area contributed by atoms with Crippen LogP contribution in [0.1, 0.15) is 19.3 Å². The summed E-state index contributed by atoms with van der Waals surface area (Å²) in [7, 11) is 0. The Hall–Kier alpha value is -2.08. The minimum atomic E-state index is 0.554. The van der Waals surface area contributed by atoms with E-state index >= 15 is 0 Å². The largest absolute Gasteiger partial charge is 0.0730 e. The smallest absolute Gasteiger partial charge is 0.0234 e. The molecular formula is C21H20. The molecule has 0 aromatic heterocycles. The number of allylic oxidation sites excluding steroid dienone is 16. The van der Waals surface area contributed by atoms with Gasteiger partial charge in [-0.05, 0) is 30.4 Å². The van der Waals surface area contributed by atoms with Gasteiger partial charge in [0.25, 0.3) is 0 Å². The fourth-order valence-electron chi connectivity index (χ4n) is 3.70. The van der Waals surface area contributed by atoms with E-state index in [4.69, 9.17) is 0 Å². The van der Waals surface area contributed by atoms with Crippen LogP contribution in [0.2, 0.25) is 0 Å². The molecule has 0 saturated carbocycles. The highest BCUT2D eigenvalue weighted by Gasteiger charge is 2.22. The van der Waals surface area contributed by atoms with Crippen LogP contribution in [0.3, 0.4) is 0 Å². The fourth-order valence-corrected chi connectivity index (χ4v) is 3.70. The highest BCUT2D eigenvalue weighted by molar-refractivity contribution is 5.49. The molecule has 0 aliphatic heterocycles. The topological polar surface area (TPSA) is 0 Å². The monoisotopic (exact) mass is 272 g/mol. The van der Waals surface area contributed by atoms with E-state index in [0.717, 1.165) is 0 Å². The molecule has 2 atom stereocenters.